The largest absolute Gasteiger partial charge is 0.492 e. The summed E-state index contributed by atoms with van der Waals surface area (Å²) in [5, 5.41) is 34.7. The lowest BCUT2D eigenvalue weighted by Gasteiger charge is -2.20. The Morgan fingerprint density at radius 3 is 1.77 bits per heavy atom. The highest BCUT2D eigenvalue weighted by Gasteiger charge is 2.42. The second kappa shape index (κ2) is 8.80. The molecule has 10 nitrogen and oxygen atoms in total. The van der Waals surface area contributed by atoms with Crippen molar-refractivity contribution in [1.82, 2.24) is 10.6 Å². The summed E-state index contributed by atoms with van der Waals surface area (Å²) in [5.41, 5.74) is 1.35. The van der Waals surface area contributed by atoms with Gasteiger partial charge in [-0.2, -0.15) is 0 Å². The van der Waals surface area contributed by atoms with Crippen LogP contribution in [0.4, 0.5) is 0 Å². The van der Waals surface area contributed by atoms with Gasteiger partial charge in [0.05, 0.1) is 11.2 Å². The molecule has 0 bridgehead atoms. The predicted molar refractivity (Wildman–Crippen MR) is 128 cm³/mol. The Kier molecular flexibility index (Phi) is 6.26. The number of hydrogen-bond acceptors (Lipinski definition) is 7. The molecule has 0 fully saturated rings. The highest BCUT2D eigenvalue weighted by molar-refractivity contribution is 6.62. The summed E-state index contributed by atoms with van der Waals surface area (Å²) in [6.07, 6.45) is 0. The second-order valence-electron chi connectivity index (χ2n) is 9.64. The third kappa shape index (κ3) is 4.70. The van der Waals surface area contributed by atoms with Crippen LogP contribution in [0.2, 0.25) is 0 Å². The van der Waals surface area contributed by atoms with E-state index >= 15 is 0 Å². The van der Waals surface area contributed by atoms with Crippen molar-refractivity contribution in [2.45, 2.75) is 44.9 Å². The molecule has 0 radical (unpaired) electrons. The molecule has 2 aliphatic rings. The molecule has 2 aliphatic heterocycles. The molecule has 0 saturated carbocycles. The number of nitrogens with one attached hydrogen (secondary N) is 2. The van der Waals surface area contributed by atoms with Crippen LogP contribution < -0.4 is 21.6 Å². The minimum Gasteiger partial charge on any atom is -0.480 e. The Hall–Kier alpha value is -3.18. The highest BCUT2D eigenvalue weighted by atomic mass is 16.5. The summed E-state index contributed by atoms with van der Waals surface area (Å²) >= 11 is 0. The molecular weight excluding hydrogens is 454 g/mol. The van der Waals surface area contributed by atoms with Crippen LogP contribution in [0.1, 0.15) is 59.5 Å². The standard InChI is InChI=1S/C23H26B2N2O8/c1-22(2)14-7-5-12(9-16(14)24(32)34-22)19(28)26-11-18(21(30)31)27-20(29)13-6-8-15-17(10-13)25(33)35-23(15,3)4/h5-10,18,32-33H,11H2,1-4H3,(H,26,28)(H,27,29)(H,30,31). The van der Waals surface area contributed by atoms with Crippen LogP contribution in [0, 0.1) is 0 Å². The van der Waals surface area contributed by atoms with Crippen molar-refractivity contribution < 1.29 is 38.8 Å². The Balaban J connectivity index is 1.43. The van der Waals surface area contributed by atoms with Gasteiger partial charge < -0.3 is 35.1 Å². The fraction of sp³-hybridized carbons (Fsp3) is 0.348. The Morgan fingerprint density at radius 1 is 0.857 bits per heavy atom. The zero-order chi connectivity index (χ0) is 25.7. The SMILES string of the molecule is CC1(C)OB(O)c2cc(C(=O)NCC(NC(=O)c3ccc4c(c3)B(O)OC4(C)C)C(=O)O)ccc21. The zero-order valence-electron chi connectivity index (χ0n) is 19.8. The van der Waals surface area contributed by atoms with Gasteiger partial charge in [-0.1, -0.05) is 12.1 Å². The molecule has 0 aliphatic carbocycles. The van der Waals surface area contributed by atoms with E-state index in [1.807, 2.05) is 0 Å². The maximum Gasteiger partial charge on any atom is 0.492 e. The predicted octanol–water partition coefficient (Wildman–Crippen LogP) is -0.795. The molecule has 2 aromatic rings. The Bertz CT molecular complexity index is 1220. The van der Waals surface area contributed by atoms with E-state index in [-0.39, 0.29) is 17.7 Å². The van der Waals surface area contributed by atoms with E-state index in [4.69, 9.17) is 9.31 Å². The molecule has 12 heteroatoms. The number of fused-ring (bicyclic) bond motifs is 2. The fourth-order valence-corrected chi connectivity index (χ4v) is 4.46. The first-order valence-electron chi connectivity index (χ1n) is 11.1. The first kappa shape index (κ1) is 24.9. The normalized spacial score (nSPS) is 18.0. The number of carbonyl (C=O) groups excluding carboxylic acids is 2. The molecule has 2 aromatic carbocycles. The average Bonchev–Trinajstić information content (AvgIpc) is 3.16. The number of hydrogen-bond donors (Lipinski definition) is 5. The van der Waals surface area contributed by atoms with E-state index in [1.54, 1.807) is 45.9 Å². The van der Waals surface area contributed by atoms with E-state index in [0.717, 1.165) is 11.1 Å². The van der Waals surface area contributed by atoms with Crippen LogP contribution in [0.5, 0.6) is 0 Å². The van der Waals surface area contributed by atoms with Crippen molar-refractivity contribution >= 4 is 42.9 Å². The zero-order valence-corrected chi connectivity index (χ0v) is 19.8. The molecule has 0 saturated heterocycles. The van der Waals surface area contributed by atoms with E-state index in [1.165, 1.54) is 18.2 Å². The summed E-state index contributed by atoms with van der Waals surface area (Å²) in [6.45, 7) is 6.82. The van der Waals surface area contributed by atoms with Gasteiger partial charge in [0.2, 0.25) is 0 Å². The van der Waals surface area contributed by atoms with Crippen molar-refractivity contribution in [3.63, 3.8) is 0 Å². The van der Waals surface area contributed by atoms with Gasteiger partial charge in [-0.3, -0.25) is 9.59 Å². The maximum absolute atomic E-state index is 12.7. The van der Waals surface area contributed by atoms with Crippen molar-refractivity contribution in [3.05, 3.63) is 58.7 Å². The minimum atomic E-state index is -1.40. The molecule has 2 heterocycles. The van der Waals surface area contributed by atoms with Gasteiger partial charge in [-0.05, 0) is 74.0 Å². The number of rotatable bonds is 6. The lowest BCUT2D eigenvalue weighted by molar-refractivity contribution is -0.139. The molecule has 1 unspecified atom stereocenters. The van der Waals surface area contributed by atoms with E-state index in [9.17, 15) is 29.5 Å². The van der Waals surface area contributed by atoms with Crippen molar-refractivity contribution in [2.75, 3.05) is 6.54 Å². The number of carbonyl (C=O) groups is 3. The maximum atomic E-state index is 12.7. The number of aliphatic carboxylic acids is 1. The monoisotopic (exact) mass is 480 g/mol. The number of carboxylic acid groups (broad SMARTS) is 1. The third-order valence-electron chi connectivity index (χ3n) is 6.34. The highest BCUT2D eigenvalue weighted by Crippen LogP contribution is 2.30. The number of amides is 2. The lowest BCUT2D eigenvalue weighted by Crippen LogP contribution is -2.48. The molecule has 182 valence electrons. The van der Waals surface area contributed by atoms with Gasteiger partial charge in [0, 0.05) is 17.7 Å². The van der Waals surface area contributed by atoms with Gasteiger partial charge >= 0.3 is 20.2 Å². The molecular formula is C23H26B2N2O8. The minimum absolute atomic E-state index is 0.150. The van der Waals surface area contributed by atoms with Crippen LogP contribution in [-0.4, -0.2) is 59.8 Å². The van der Waals surface area contributed by atoms with Crippen LogP contribution in [-0.2, 0) is 25.3 Å². The molecule has 1 atom stereocenters. The summed E-state index contributed by atoms with van der Waals surface area (Å²) < 4.78 is 11.0. The van der Waals surface area contributed by atoms with E-state index in [2.05, 4.69) is 10.6 Å². The summed E-state index contributed by atoms with van der Waals surface area (Å²) in [6, 6.07) is 7.98. The Labute approximate surface area is 202 Å². The average molecular weight is 480 g/mol. The van der Waals surface area contributed by atoms with Crippen LogP contribution >= 0.6 is 0 Å². The second-order valence-corrected chi connectivity index (χ2v) is 9.64. The molecule has 2 amide bonds. The first-order chi connectivity index (χ1) is 16.3. The van der Waals surface area contributed by atoms with Gasteiger partial charge in [-0.25, -0.2) is 4.79 Å². The smallest absolute Gasteiger partial charge is 0.480 e. The molecule has 5 N–H and O–H groups in total. The number of benzene rings is 2. The molecule has 4 rings (SSSR count). The van der Waals surface area contributed by atoms with Gasteiger partial charge in [-0.15, -0.1) is 0 Å². The molecule has 0 spiro atoms. The van der Waals surface area contributed by atoms with Crippen molar-refractivity contribution in [1.29, 1.82) is 0 Å². The quantitative estimate of drug-likeness (QED) is 0.337. The Morgan fingerprint density at radius 2 is 1.31 bits per heavy atom. The van der Waals surface area contributed by atoms with Gasteiger partial charge in [0.15, 0.2) is 0 Å². The topological polar surface area (TPSA) is 154 Å². The summed E-state index contributed by atoms with van der Waals surface area (Å²) in [5.74, 6) is -2.57. The molecule has 35 heavy (non-hydrogen) atoms. The third-order valence-corrected chi connectivity index (χ3v) is 6.34. The summed E-state index contributed by atoms with van der Waals surface area (Å²) in [4.78, 5) is 37.1. The first-order valence-corrected chi connectivity index (χ1v) is 11.1. The van der Waals surface area contributed by atoms with Crippen LogP contribution in [0.3, 0.4) is 0 Å². The summed E-state index contributed by atoms with van der Waals surface area (Å²) in [7, 11) is -2.36. The molecule has 0 aromatic heterocycles. The van der Waals surface area contributed by atoms with Gasteiger partial charge in [0.1, 0.15) is 6.04 Å². The van der Waals surface area contributed by atoms with Crippen LogP contribution in [0.15, 0.2) is 36.4 Å². The fourth-order valence-electron chi connectivity index (χ4n) is 4.46. The van der Waals surface area contributed by atoms with E-state index in [0.29, 0.717) is 10.9 Å². The van der Waals surface area contributed by atoms with Gasteiger partial charge in [0.25, 0.3) is 11.8 Å². The lowest BCUT2D eigenvalue weighted by atomic mass is 9.77. The number of carboxylic acids is 1. The van der Waals surface area contributed by atoms with E-state index < -0.39 is 49.3 Å². The van der Waals surface area contributed by atoms with Crippen molar-refractivity contribution in [3.8, 4) is 0 Å². The van der Waals surface area contributed by atoms with Crippen molar-refractivity contribution in [2.24, 2.45) is 0 Å². The van der Waals surface area contributed by atoms with Crippen LogP contribution in [0.25, 0.3) is 0 Å².